The Balaban J connectivity index is 1.59. The second-order valence-electron chi connectivity index (χ2n) is 5.04. The van der Waals surface area contributed by atoms with Gasteiger partial charge in [-0.05, 0) is 25.3 Å². The molecule has 2 nitrogen and oxygen atoms in total. The summed E-state index contributed by atoms with van der Waals surface area (Å²) in [7, 11) is 0. The molecule has 1 fully saturated rings. The second kappa shape index (κ2) is 7.12. The molecular formula is C14H24N2S. The molecule has 1 aliphatic rings. The molecule has 0 saturated heterocycles. The summed E-state index contributed by atoms with van der Waals surface area (Å²) in [5, 5.41) is 4.82. The summed E-state index contributed by atoms with van der Waals surface area (Å²) in [6.07, 6.45) is 11.7. The molecule has 1 aromatic heterocycles. The molecule has 96 valence electrons. The second-order valence-corrected chi connectivity index (χ2v) is 6.24. The quantitative estimate of drug-likeness (QED) is 0.780. The summed E-state index contributed by atoms with van der Waals surface area (Å²) in [4.78, 5) is 5.76. The Hall–Kier alpha value is -0.410. The molecule has 0 radical (unpaired) electrons. The Morgan fingerprint density at radius 3 is 2.88 bits per heavy atom. The summed E-state index contributed by atoms with van der Waals surface area (Å²) >= 11 is 1.85. The number of hydrogen-bond acceptors (Lipinski definition) is 3. The highest BCUT2D eigenvalue weighted by molar-refractivity contribution is 7.11. The van der Waals surface area contributed by atoms with Crippen molar-refractivity contribution in [1.29, 1.82) is 0 Å². The van der Waals surface area contributed by atoms with E-state index in [-0.39, 0.29) is 0 Å². The summed E-state index contributed by atoms with van der Waals surface area (Å²) in [5.74, 6) is 0.990. The minimum Gasteiger partial charge on any atom is -0.312 e. The van der Waals surface area contributed by atoms with Gasteiger partial charge in [0.05, 0.1) is 5.01 Å². The molecule has 0 unspecified atom stereocenters. The van der Waals surface area contributed by atoms with E-state index < -0.39 is 0 Å². The number of nitrogens with zero attached hydrogens (tertiary/aromatic N) is 1. The molecule has 17 heavy (non-hydrogen) atoms. The van der Waals surface area contributed by atoms with E-state index in [1.54, 1.807) is 0 Å². The van der Waals surface area contributed by atoms with Gasteiger partial charge in [-0.1, -0.05) is 39.0 Å². The Morgan fingerprint density at radius 1 is 1.35 bits per heavy atom. The third-order valence-electron chi connectivity index (χ3n) is 3.66. The van der Waals surface area contributed by atoms with E-state index in [0.29, 0.717) is 0 Å². The minimum absolute atomic E-state index is 0.990. The fourth-order valence-electron chi connectivity index (χ4n) is 2.59. The number of aromatic nitrogens is 1. The maximum atomic E-state index is 4.38. The van der Waals surface area contributed by atoms with Crippen molar-refractivity contribution < 1.29 is 0 Å². The van der Waals surface area contributed by atoms with Crippen molar-refractivity contribution in [2.45, 2.75) is 58.4 Å². The van der Waals surface area contributed by atoms with Crippen molar-refractivity contribution >= 4 is 11.3 Å². The van der Waals surface area contributed by atoms with Crippen LogP contribution in [0.25, 0.3) is 0 Å². The Labute approximate surface area is 109 Å². The van der Waals surface area contributed by atoms with Crippen molar-refractivity contribution in [2.75, 3.05) is 6.54 Å². The van der Waals surface area contributed by atoms with Gasteiger partial charge in [-0.15, -0.1) is 11.3 Å². The van der Waals surface area contributed by atoms with Gasteiger partial charge in [-0.2, -0.15) is 0 Å². The smallest absolute Gasteiger partial charge is 0.0925 e. The lowest BCUT2D eigenvalue weighted by Crippen LogP contribution is -2.18. The molecule has 0 spiro atoms. The predicted molar refractivity (Wildman–Crippen MR) is 74.4 cm³/mol. The fraction of sp³-hybridized carbons (Fsp3) is 0.786. The summed E-state index contributed by atoms with van der Waals surface area (Å²) in [6, 6.07) is 0. The summed E-state index contributed by atoms with van der Waals surface area (Å²) in [6.45, 7) is 4.34. The van der Waals surface area contributed by atoms with Gasteiger partial charge in [-0.25, -0.2) is 4.98 Å². The molecule has 2 rings (SSSR count). The average molecular weight is 252 g/mol. The van der Waals surface area contributed by atoms with E-state index in [1.807, 2.05) is 17.5 Å². The molecule has 3 heteroatoms. The predicted octanol–water partition coefficient (Wildman–Crippen LogP) is 3.77. The van der Waals surface area contributed by atoms with Crippen molar-refractivity contribution in [3.05, 3.63) is 16.1 Å². The van der Waals surface area contributed by atoms with Gasteiger partial charge in [0.15, 0.2) is 0 Å². The zero-order valence-electron chi connectivity index (χ0n) is 10.9. The van der Waals surface area contributed by atoms with Gasteiger partial charge in [0.1, 0.15) is 0 Å². The van der Waals surface area contributed by atoms with Gasteiger partial charge < -0.3 is 5.32 Å². The van der Waals surface area contributed by atoms with E-state index in [1.165, 1.54) is 55.0 Å². The third kappa shape index (κ3) is 4.40. The molecule has 0 bridgehead atoms. The first-order valence-corrected chi connectivity index (χ1v) is 7.84. The first-order valence-electron chi connectivity index (χ1n) is 7.02. The van der Waals surface area contributed by atoms with Gasteiger partial charge in [0.25, 0.3) is 0 Å². The molecule has 1 aliphatic carbocycles. The third-order valence-corrected chi connectivity index (χ3v) is 4.80. The van der Waals surface area contributed by atoms with Crippen molar-refractivity contribution in [2.24, 2.45) is 5.92 Å². The minimum atomic E-state index is 0.990. The molecule has 0 aliphatic heterocycles. The Kier molecular flexibility index (Phi) is 5.46. The SMILES string of the molecule is CCc1ncc(CNCCC2CCCCC2)s1. The maximum Gasteiger partial charge on any atom is 0.0925 e. The maximum absolute atomic E-state index is 4.38. The van der Waals surface area contributed by atoms with Crippen LogP contribution in [0.1, 0.15) is 55.3 Å². The van der Waals surface area contributed by atoms with Gasteiger partial charge in [-0.3, -0.25) is 0 Å². The van der Waals surface area contributed by atoms with Crippen LogP contribution in [0.3, 0.4) is 0 Å². The lowest BCUT2D eigenvalue weighted by molar-refractivity contribution is 0.334. The van der Waals surface area contributed by atoms with E-state index in [2.05, 4.69) is 17.2 Å². The zero-order valence-corrected chi connectivity index (χ0v) is 11.7. The van der Waals surface area contributed by atoms with Crippen LogP contribution in [0, 0.1) is 5.92 Å². The number of thiazole rings is 1. The van der Waals surface area contributed by atoms with Crippen LogP contribution in [-0.2, 0) is 13.0 Å². The van der Waals surface area contributed by atoms with E-state index in [9.17, 15) is 0 Å². The Bertz CT molecular complexity index is 316. The van der Waals surface area contributed by atoms with E-state index >= 15 is 0 Å². The molecule has 0 amide bonds. The number of aryl methyl sites for hydroxylation is 1. The first kappa shape index (κ1) is 13.0. The van der Waals surface area contributed by atoms with Crippen LogP contribution in [0.2, 0.25) is 0 Å². The average Bonchev–Trinajstić information content (AvgIpc) is 2.84. The van der Waals surface area contributed by atoms with E-state index in [4.69, 9.17) is 0 Å². The molecular weight excluding hydrogens is 228 g/mol. The van der Waals surface area contributed by atoms with Gasteiger partial charge in [0, 0.05) is 17.6 Å². The highest BCUT2D eigenvalue weighted by Gasteiger charge is 2.12. The normalized spacial score (nSPS) is 17.5. The van der Waals surface area contributed by atoms with Crippen LogP contribution < -0.4 is 5.32 Å². The standard InChI is InChI=1S/C14H24N2S/c1-2-14-16-11-13(17-14)10-15-9-8-12-6-4-3-5-7-12/h11-12,15H,2-10H2,1H3. The zero-order chi connectivity index (χ0) is 11.9. The van der Waals surface area contributed by atoms with Crippen LogP contribution in [-0.4, -0.2) is 11.5 Å². The molecule has 1 aromatic rings. The topological polar surface area (TPSA) is 24.9 Å². The van der Waals surface area contributed by atoms with Gasteiger partial charge >= 0.3 is 0 Å². The van der Waals surface area contributed by atoms with E-state index in [0.717, 1.165) is 18.9 Å². The highest BCUT2D eigenvalue weighted by Crippen LogP contribution is 2.25. The lowest BCUT2D eigenvalue weighted by atomic mass is 9.87. The highest BCUT2D eigenvalue weighted by atomic mass is 32.1. The Morgan fingerprint density at radius 2 is 2.18 bits per heavy atom. The monoisotopic (exact) mass is 252 g/mol. The van der Waals surface area contributed by atoms with Crippen molar-refractivity contribution in [1.82, 2.24) is 10.3 Å². The lowest BCUT2D eigenvalue weighted by Gasteiger charge is -2.21. The molecule has 0 aromatic carbocycles. The summed E-state index contributed by atoms with van der Waals surface area (Å²) < 4.78 is 0. The van der Waals surface area contributed by atoms with Crippen molar-refractivity contribution in [3.8, 4) is 0 Å². The van der Waals surface area contributed by atoms with Crippen LogP contribution in [0.15, 0.2) is 6.20 Å². The number of hydrogen-bond donors (Lipinski definition) is 1. The fourth-order valence-corrected chi connectivity index (χ4v) is 3.42. The number of nitrogens with one attached hydrogen (secondary N) is 1. The van der Waals surface area contributed by atoms with Crippen LogP contribution in [0.5, 0.6) is 0 Å². The molecule has 1 heterocycles. The largest absolute Gasteiger partial charge is 0.312 e. The molecule has 0 atom stereocenters. The van der Waals surface area contributed by atoms with Gasteiger partial charge in [0.2, 0.25) is 0 Å². The molecule has 1 saturated carbocycles. The van der Waals surface area contributed by atoms with Crippen LogP contribution in [0.4, 0.5) is 0 Å². The summed E-state index contributed by atoms with van der Waals surface area (Å²) in [5.41, 5.74) is 0. The number of rotatable bonds is 6. The van der Waals surface area contributed by atoms with Crippen LogP contribution >= 0.6 is 11.3 Å². The first-order chi connectivity index (χ1) is 8.38. The van der Waals surface area contributed by atoms with Crippen molar-refractivity contribution in [3.63, 3.8) is 0 Å². The molecule has 1 N–H and O–H groups in total.